The second-order valence-electron chi connectivity index (χ2n) is 11.4. The Labute approximate surface area is 232 Å². The van der Waals surface area contributed by atoms with E-state index in [1.807, 2.05) is 0 Å². The van der Waals surface area contributed by atoms with Gasteiger partial charge in [0.2, 0.25) is 0 Å². The van der Waals surface area contributed by atoms with Gasteiger partial charge >= 0.3 is 0 Å². The molecule has 0 aromatic heterocycles. The fourth-order valence-electron chi connectivity index (χ4n) is 5.91. The lowest BCUT2D eigenvalue weighted by Gasteiger charge is -2.29. The van der Waals surface area contributed by atoms with Crippen molar-refractivity contribution in [3.8, 4) is 17.6 Å². The number of fused-ring (bicyclic) bond motifs is 1. The molecular weight excluding hydrogens is 460 g/mol. The molecule has 1 heteroatoms. The highest BCUT2D eigenvalue weighted by Gasteiger charge is 2.21. The average molecular weight is 509 g/mol. The second-order valence-corrected chi connectivity index (χ2v) is 11.4. The quantitative estimate of drug-likeness (QED) is 0.165. The van der Waals surface area contributed by atoms with E-state index in [0.29, 0.717) is 0 Å². The lowest BCUT2D eigenvalue weighted by atomic mass is 9.77. The summed E-state index contributed by atoms with van der Waals surface area (Å²) in [6.07, 6.45) is 19.1. The molecule has 0 heterocycles. The molecule has 1 aliphatic rings. The number of hydrogen-bond donors (Lipinski definition) is 0. The molecule has 38 heavy (non-hydrogen) atoms. The van der Waals surface area contributed by atoms with Crippen LogP contribution in [0.15, 0.2) is 60.7 Å². The number of hydrogen-bond acceptors (Lipinski definition) is 1. The lowest BCUT2D eigenvalue weighted by Crippen LogP contribution is -2.13. The summed E-state index contributed by atoms with van der Waals surface area (Å²) < 4.78 is 5.91. The maximum Gasteiger partial charge on any atom is 0.119 e. The van der Waals surface area contributed by atoms with Crippen molar-refractivity contribution in [1.82, 2.24) is 0 Å². The van der Waals surface area contributed by atoms with Gasteiger partial charge in [0.1, 0.15) is 5.75 Å². The van der Waals surface area contributed by atoms with E-state index >= 15 is 0 Å². The molecule has 1 saturated carbocycles. The first kappa shape index (κ1) is 28.3. The second kappa shape index (κ2) is 15.6. The molecule has 0 N–H and O–H groups in total. The minimum Gasteiger partial charge on any atom is -0.494 e. The van der Waals surface area contributed by atoms with Gasteiger partial charge in [-0.1, -0.05) is 108 Å². The topological polar surface area (TPSA) is 9.23 Å². The Morgan fingerprint density at radius 1 is 0.632 bits per heavy atom. The molecule has 0 amide bonds. The molecule has 0 spiro atoms. The van der Waals surface area contributed by atoms with Crippen molar-refractivity contribution >= 4 is 10.8 Å². The molecule has 0 bridgehead atoms. The van der Waals surface area contributed by atoms with Crippen LogP contribution in [0.25, 0.3) is 10.8 Å². The fourth-order valence-corrected chi connectivity index (χ4v) is 5.91. The molecule has 1 aliphatic carbocycles. The number of unbranched alkanes of at least 4 members (excludes halogenated alkanes) is 7. The molecule has 0 radical (unpaired) electrons. The van der Waals surface area contributed by atoms with Crippen LogP contribution in [-0.2, 0) is 0 Å². The van der Waals surface area contributed by atoms with Gasteiger partial charge in [0.15, 0.2) is 0 Å². The highest BCUT2D eigenvalue weighted by molar-refractivity contribution is 5.85. The fraction of sp³-hybridized carbons (Fsp3) is 0.514. The van der Waals surface area contributed by atoms with E-state index in [0.717, 1.165) is 41.7 Å². The summed E-state index contributed by atoms with van der Waals surface area (Å²) in [5.74, 6) is 9.42. The van der Waals surface area contributed by atoms with Gasteiger partial charge in [0.05, 0.1) is 6.61 Å². The SMILES string of the molecule is CCCCCCCCC1CCC(c2ccc(C#Cc3ccc4cc(OCCCCC)ccc4c3)cc2)CC1. The van der Waals surface area contributed by atoms with Crippen LogP contribution in [-0.4, -0.2) is 6.61 Å². The molecule has 0 atom stereocenters. The monoisotopic (exact) mass is 508 g/mol. The number of benzene rings is 3. The molecular formula is C37H48O. The standard InChI is InChI=1S/C37H48O/c1-3-5-7-8-9-10-12-30-15-20-33(21-16-30)34-22-17-31(18-23-34)13-14-32-19-24-36-29-37(26-25-35(36)28-32)38-27-11-6-4-2/h17-19,22-26,28-30,33H,3-12,15-16,20-21,27H2,1-2H3. The third-order valence-corrected chi connectivity index (χ3v) is 8.37. The van der Waals surface area contributed by atoms with E-state index in [4.69, 9.17) is 4.74 Å². The largest absolute Gasteiger partial charge is 0.494 e. The Morgan fingerprint density at radius 3 is 2.05 bits per heavy atom. The van der Waals surface area contributed by atoms with Crippen molar-refractivity contribution in [3.63, 3.8) is 0 Å². The first-order chi connectivity index (χ1) is 18.7. The minimum atomic E-state index is 0.735. The van der Waals surface area contributed by atoms with Gasteiger partial charge in [0.25, 0.3) is 0 Å². The number of rotatable bonds is 13. The third kappa shape index (κ3) is 8.94. The van der Waals surface area contributed by atoms with E-state index in [9.17, 15) is 0 Å². The molecule has 0 aliphatic heterocycles. The van der Waals surface area contributed by atoms with Gasteiger partial charge in [-0.3, -0.25) is 0 Å². The van der Waals surface area contributed by atoms with Crippen LogP contribution in [0.3, 0.4) is 0 Å². The molecule has 3 aromatic rings. The van der Waals surface area contributed by atoms with Gasteiger partial charge in [-0.2, -0.15) is 0 Å². The van der Waals surface area contributed by atoms with Gasteiger partial charge in [-0.05, 0) is 96.7 Å². The molecule has 0 unspecified atom stereocenters. The third-order valence-electron chi connectivity index (χ3n) is 8.37. The van der Waals surface area contributed by atoms with Gasteiger partial charge in [-0.15, -0.1) is 0 Å². The van der Waals surface area contributed by atoms with Crippen LogP contribution < -0.4 is 4.74 Å². The van der Waals surface area contributed by atoms with Crippen LogP contribution in [0.5, 0.6) is 5.75 Å². The zero-order valence-corrected chi connectivity index (χ0v) is 23.9. The van der Waals surface area contributed by atoms with Crippen LogP contribution >= 0.6 is 0 Å². The van der Waals surface area contributed by atoms with Gasteiger partial charge in [-0.25, -0.2) is 0 Å². The molecule has 0 saturated heterocycles. The van der Waals surface area contributed by atoms with Crippen LogP contribution in [0.1, 0.15) is 126 Å². The van der Waals surface area contributed by atoms with Crippen molar-refractivity contribution in [2.45, 2.75) is 110 Å². The average Bonchev–Trinajstić information content (AvgIpc) is 2.96. The first-order valence-corrected chi connectivity index (χ1v) is 15.5. The summed E-state index contributed by atoms with van der Waals surface area (Å²) in [6.45, 7) is 5.31. The van der Waals surface area contributed by atoms with Gasteiger partial charge in [0, 0.05) is 11.1 Å². The van der Waals surface area contributed by atoms with Crippen LogP contribution in [0.4, 0.5) is 0 Å². The zero-order chi connectivity index (χ0) is 26.4. The highest BCUT2D eigenvalue weighted by atomic mass is 16.5. The van der Waals surface area contributed by atoms with E-state index in [-0.39, 0.29) is 0 Å². The Hall–Kier alpha value is -2.72. The van der Waals surface area contributed by atoms with Crippen LogP contribution in [0.2, 0.25) is 0 Å². The molecule has 1 nitrogen and oxygen atoms in total. The normalized spacial score (nSPS) is 17.2. The summed E-state index contributed by atoms with van der Waals surface area (Å²) in [6, 6.07) is 21.9. The van der Waals surface area contributed by atoms with E-state index in [1.54, 1.807) is 0 Å². The van der Waals surface area contributed by atoms with Crippen molar-refractivity contribution < 1.29 is 4.74 Å². The summed E-state index contributed by atoms with van der Waals surface area (Å²) >= 11 is 0. The summed E-state index contributed by atoms with van der Waals surface area (Å²) in [5.41, 5.74) is 3.66. The smallest absolute Gasteiger partial charge is 0.119 e. The number of ether oxygens (including phenoxy) is 1. The zero-order valence-electron chi connectivity index (χ0n) is 23.9. The Morgan fingerprint density at radius 2 is 1.26 bits per heavy atom. The summed E-state index contributed by atoms with van der Waals surface area (Å²) in [7, 11) is 0. The van der Waals surface area contributed by atoms with Gasteiger partial charge < -0.3 is 4.74 Å². The van der Waals surface area contributed by atoms with E-state index < -0.39 is 0 Å². The predicted octanol–water partition coefficient (Wildman–Crippen LogP) is 10.8. The van der Waals surface area contributed by atoms with Crippen molar-refractivity contribution in [2.24, 2.45) is 5.92 Å². The summed E-state index contributed by atoms with van der Waals surface area (Å²) in [4.78, 5) is 0. The Balaban J connectivity index is 1.25. The summed E-state index contributed by atoms with van der Waals surface area (Å²) in [5, 5.41) is 2.41. The predicted molar refractivity (Wildman–Crippen MR) is 164 cm³/mol. The molecule has 4 rings (SSSR count). The Kier molecular flexibility index (Phi) is 11.6. The van der Waals surface area contributed by atoms with Crippen molar-refractivity contribution in [2.75, 3.05) is 6.61 Å². The minimum absolute atomic E-state index is 0.735. The molecule has 202 valence electrons. The van der Waals surface area contributed by atoms with Crippen molar-refractivity contribution in [3.05, 3.63) is 77.4 Å². The molecule has 3 aromatic carbocycles. The first-order valence-electron chi connectivity index (χ1n) is 15.5. The lowest BCUT2D eigenvalue weighted by molar-refractivity contribution is 0.302. The highest BCUT2D eigenvalue weighted by Crippen LogP contribution is 2.37. The maximum atomic E-state index is 5.91. The van der Waals surface area contributed by atoms with E-state index in [2.05, 4.69) is 86.4 Å². The van der Waals surface area contributed by atoms with Crippen LogP contribution in [0, 0.1) is 17.8 Å². The maximum absolute atomic E-state index is 5.91. The Bertz CT molecular complexity index is 1150. The van der Waals surface area contributed by atoms with Crippen molar-refractivity contribution in [1.29, 1.82) is 0 Å². The molecule has 1 fully saturated rings. The van der Waals surface area contributed by atoms with E-state index in [1.165, 1.54) is 99.8 Å².